The number of hydrogen-bond acceptors (Lipinski definition) is 1. The summed E-state index contributed by atoms with van der Waals surface area (Å²) in [6, 6.07) is 2.34. The minimum absolute atomic E-state index is 0.964. The van der Waals surface area contributed by atoms with Gasteiger partial charge in [-0.2, -0.15) is 0 Å². The molecule has 1 aromatic rings. The van der Waals surface area contributed by atoms with Crippen LogP contribution < -0.4 is 0 Å². The fraction of sp³-hybridized carbons (Fsp3) is 0.556. The van der Waals surface area contributed by atoms with Crippen LogP contribution in [0.15, 0.2) is 11.4 Å². The van der Waals surface area contributed by atoms with Crippen LogP contribution >= 0.6 is 11.3 Å². The molecule has 0 N–H and O–H groups in total. The highest BCUT2D eigenvalue weighted by Gasteiger charge is 2.37. The van der Waals surface area contributed by atoms with Gasteiger partial charge in [0, 0.05) is 4.88 Å². The highest BCUT2D eigenvalue weighted by Crippen LogP contribution is 2.54. The topological polar surface area (TPSA) is 0 Å². The van der Waals surface area contributed by atoms with E-state index in [9.17, 15) is 0 Å². The smallest absolute Gasteiger partial charge is 0.0111 e. The van der Waals surface area contributed by atoms with Crippen molar-refractivity contribution < 1.29 is 0 Å². The van der Waals surface area contributed by atoms with Crippen LogP contribution in [0.3, 0.4) is 0 Å². The molecule has 10 heavy (non-hydrogen) atoms. The molecule has 1 saturated carbocycles. The second-order valence-electron chi connectivity index (χ2n) is 3.45. The summed E-state index contributed by atoms with van der Waals surface area (Å²) in [5.41, 5.74) is 1.70. The summed E-state index contributed by atoms with van der Waals surface area (Å²) in [4.78, 5) is 1.72. The SMILES string of the molecule is c1cc2c(s1)[C@@H]1CC[C@@H]2C1. The van der Waals surface area contributed by atoms with E-state index in [0.717, 1.165) is 11.8 Å². The molecule has 2 aliphatic carbocycles. The van der Waals surface area contributed by atoms with Gasteiger partial charge in [-0.15, -0.1) is 11.3 Å². The van der Waals surface area contributed by atoms with Crippen molar-refractivity contribution in [3.05, 3.63) is 21.9 Å². The summed E-state index contributed by atoms with van der Waals surface area (Å²) in [6.45, 7) is 0. The number of fused-ring (bicyclic) bond motifs is 5. The molecule has 0 aromatic carbocycles. The highest BCUT2D eigenvalue weighted by atomic mass is 32.1. The third-order valence-corrected chi connectivity index (χ3v) is 4.07. The minimum atomic E-state index is 0.964. The zero-order valence-corrected chi connectivity index (χ0v) is 6.66. The average molecular weight is 150 g/mol. The molecule has 0 nitrogen and oxygen atoms in total. The van der Waals surface area contributed by atoms with E-state index in [1.807, 2.05) is 11.3 Å². The highest BCUT2D eigenvalue weighted by molar-refractivity contribution is 7.10. The molecule has 0 aliphatic heterocycles. The normalized spacial score (nSPS) is 34.8. The first-order valence-electron chi connectivity index (χ1n) is 4.02. The molecule has 1 heteroatoms. The third kappa shape index (κ3) is 0.485. The van der Waals surface area contributed by atoms with Crippen LogP contribution in [-0.4, -0.2) is 0 Å². The van der Waals surface area contributed by atoms with Gasteiger partial charge in [0.25, 0.3) is 0 Å². The van der Waals surface area contributed by atoms with Crippen molar-refractivity contribution in [1.82, 2.24) is 0 Å². The molecule has 2 atom stereocenters. The fourth-order valence-electron chi connectivity index (χ4n) is 2.50. The fourth-order valence-corrected chi connectivity index (χ4v) is 3.64. The van der Waals surface area contributed by atoms with E-state index < -0.39 is 0 Å². The van der Waals surface area contributed by atoms with Gasteiger partial charge in [0.05, 0.1) is 0 Å². The molecular formula is C9H10S. The average Bonchev–Trinajstić information content (AvgIpc) is 2.60. The number of rotatable bonds is 0. The molecule has 2 aliphatic rings. The predicted molar refractivity (Wildman–Crippen MR) is 43.7 cm³/mol. The Hall–Kier alpha value is -0.300. The molecule has 0 radical (unpaired) electrons. The lowest BCUT2D eigenvalue weighted by Crippen LogP contribution is -1.91. The number of hydrogen-bond donors (Lipinski definition) is 0. The number of thiophene rings is 1. The summed E-state index contributed by atoms with van der Waals surface area (Å²) in [7, 11) is 0. The Kier molecular flexibility index (Phi) is 0.883. The quantitative estimate of drug-likeness (QED) is 0.533. The summed E-state index contributed by atoms with van der Waals surface area (Å²) < 4.78 is 0. The molecule has 0 unspecified atom stereocenters. The van der Waals surface area contributed by atoms with Crippen molar-refractivity contribution in [2.45, 2.75) is 31.1 Å². The van der Waals surface area contributed by atoms with Crippen molar-refractivity contribution >= 4 is 11.3 Å². The van der Waals surface area contributed by atoms with Gasteiger partial charge in [-0.1, -0.05) is 0 Å². The second-order valence-corrected chi connectivity index (χ2v) is 4.39. The monoisotopic (exact) mass is 150 g/mol. The second kappa shape index (κ2) is 1.65. The molecule has 52 valence electrons. The van der Waals surface area contributed by atoms with Gasteiger partial charge in [-0.05, 0) is 48.1 Å². The molecule has 3 rings (SSSR count). The molecule has 1 aromatic heterocycles. The van der Waals surface area contributed by atoms with Crippen LogP contribution in [0.1, 0.15) is 41.5 Å². The van der Waals surface area contributed by atoms with Crippen LogP contribution in [0.4, 0.5) is 0 Å². The van der Waals surface area contributed by atoms with Crippen molar-refractivity contribution in [3.8, 4) is 0 Å². The van der Waals surface area contributed by atoms with E-state index in [2.05, 4.69) is 11.4 Å². The molecular weight excluding hydrogens is 140 g/mol. The lowest BCUT2D eigenvalue weighted by atomic mass is 9.99. The zero-order chi connectivity index (χ0) is 6.55. The summed E-state index contributed by atoms with van der Waals surface area (Å²) in [6.07, 6.45) is 4.41. The molecule has 0 spiro atoms. The maximum absolute atomic E-state index is 2.34. The van der Waals surface area contributed by atoms with Crippen molar-refractivity contribution in [1.29, 1.82) is 0 Å². The van der Waals surface area contributed by atoms with Gasteiger partial charge in [0.15, 0.2) is 0 Å². The van der Waals surface area contributed by atoms with Gasteiger partial charge in [0.2, 0.25) is 0 Å². The van der Waals surface area contributed by atoms with Crippen LogP contribution in [0, 0.1) is 0 Å². The maximum atomic E-state index is 2.34. The largest absolute Gasteiger partial charge is 0.148 e. The first-order chi connectivity index (χ1) is 4.95. The molecule has 0 saturated heterocycles. The summed E-state index contributed by atoms with van der Waals surface area (Å²) in [5.74, 6) is 1.94. The first kappa shape index (κ1) is 5.36. The Morgan fingerprint density at radius 2 is 2.20 bits per heavy atom. The Balaban J connectivity index is 2.25. The van der Waals surface area contributed by atoms with Crippen LogP contribution in [-0.2, 0) is 0 Å². The molecule has 1 fully saturated rings. The van der Waals surface area contributed by atoms with E-state index in [1.165, 1.54) is 19.3 Å². The Morgan fingerprint density at radius 3 is 3.10 bits per heavy atom. The van der Waals surface area contributed by atoms with E-state index in [4.69, 9.17) is 0 Å². The lowest BCUT2D eigenvalue weighted by Gasteiger charge is -2.08. The van der Waals surface area contributed by atoms with E-state index in [1.54, 1.807) is 10.4 Å². The Morgan fingerprint density at radius 1 is 1.30 bits per heavy atom. The minimum Gasteiger partial charge on any atom is -0.148 e. The van der Waals surface area contributed by atoms with Crippen LogP contribution in [0.2, 0.25) is 0 Å². The summed E-state index contributed by atoms with van der Waals surface area (Å²) >= 11 is 1.98. The van der Waals surface area contributed by atoms with Crippen LogP contribution in [0.25, 0.3) is 0 Å². The zero-order valence-electron chi connectivity index (χ0n) is 5.84. The third-order valence-electron chi connectivity index (χ3n) is 2.97. The van der Waals surface area contributed by atoms with Gasteiger partial charge >= 0.3 is 0 Å². The first-order valence-corrected chi connectivity index (χ1v) is 4.90. The van der Waals surface area contributed by atoms with Crippen molar-refractivity contribution in [3.63, 3.8) is 0 Å². The Bertz CT molecular complexity index is 237. The van der Waals surface area contributed by atoms with E-state index in [-0.39, 0.29) is 0 Å². The molecule has 0 amide bonds. The van der Waals surface area contributed by atoms with Gasteiger partial charge in [0.1, 0.15) is 0 Å². The molecule has 2 bridgehead atoms. The van der Waals surface area contributed by atoms with Crippen molar-refractivity contribution in [2.24, 2.45) is 0 Å². The van der Waals surface area contributed by atoms with Crippen LogP contribution in [0.5, 0.6) is 0 Å². The standard InChI is InChI=1S/C9H10S/c1-2-7-5-6(1)8-3-4-10-9(7)8/h3-4,6-7H,1-2,5H2/t6-,7-/m1/s1. The van der Waals surface area contributed by atoms with Crippen molar-refractivity contribution in [2.75, 3.05) is 0 Å². The summed E-state index contributed by atoms with van der Waals surface area (Å²) in [5, 5.41) is 2.26. The maximum Gasteiger partial charge on any atom is 0.0111 e. The van der Waals surface area contributed by atoms with E-state index in [0.29, 0.717) is 0 Å². The van der Waals surface area contributed by atoms with Gasteiger partial charge < -0.3 is 0 Å². The van der Waals surface area contributed by atoms with Gasteiger partial charge in [-0.25, -0.2) is 0 Å². The predicted octanol–water partition coefficient (Wildman–Crippen LogP) is 3.11. The molecule has 1 heterocycles. The van der Waals surface area contributed by atoms with Gasteiger partial charge in [-0.3, -0.25) is 0 Å². The lowest BCUT2D eigenvalue weighted by molar-refractivity contribution is 0.728. The Labute approximate surface area is 64.9 Å². The van der Waals surface area contributed by atoms with E-state index >= 15 is 0 Å².